The summed E-state index contributed by atoms with van der Waals surface area (Å²) in [7, 11) is 0. The molecule has 2 heterocycles. The summed E-state index contributed by atoms with van der Waals surface area (Å²) >= 11 is 5.08. The quantitative estimate of drug-likeness (QED) is 0.446. The molecule has 4 rings (SSSR count). The van der Waals surface area contributed by atoms with E-state index in [0.717, 1.165) is 33.1 Å². The molecule has 0 saturated heterocycles. The Bertz CT molecular complexity index is 1020. The van der Waals surface area contributed by atoms with E-state index in [1.165, 1.54) is 0 Å². The maximum absolute atomic E-state index is 8.98. The molecule has 0 unspecified atom stereocenters. The average Bonchev–Trinajstić information content (AvgIpc) is 3.20. The van der Waals surface area contributed by atoms with E-state index in [0.29, 0.717) is 11.5 Å². The molecule has 114 valence electrons. The Labute approximate surface area is 136 Å². The SMILES string of the molecule is ONC(=S)c1ccc2ccn(Cc3ccc4nonc4c3)c2c1. The fourth-order valence-electron chi connectivity index (χ4n) is 2.65. The van der Waals surface area contributed by atoms with Crippen LogP contribution in [-0.2, 0) is 6.54 Å². The maximum Gasteiger partial charge on any atom is 0.135 e. The van der Waals surface area contributed by atoms with Gasteiger partial charge in [0.05, 0.1) is 0 Å². The van der Waals surface area contributed by atoms with E-state index < -0.39 is 0 Å². The molecule has 2 N–H and O–H groups in total. The smallest absolute Gasteiger partial charge is 0.135 e. The Morgan fingerprint density at radius 3 is 2.87 bits per heavy atom. The number of aromatic nitrogens is 3. The Balaban J connectivity index is 1.74. The summed E-state index contributed by atoms with van der Waals surface area (Å²) < 4.78 is 6.85. The van der Waals surface area contributed by atoms with Crippen LogP contribution in [0.15, 0.2) is 53.3 Å². The fourth-order valence-corrected chi connectivity index (χ4v) is 2.78. The van der Waals surface area contributed by atoms with Gasteiger partial charge < -0.3 is 4.57 Å². The van der Waals surface area contributed by atoms with Crippen LogP contribution in [0.3, 0.4) is 0 Å². The van der Waals surface area contributed by atoms with Gasteiger partial charge in [-0.2, -0.15) is 0 Å². The molecule has 0 bridgehead atoms. The predicted octanol–water partition coefficient (Wildman–Crippen LogP) is 2.88. The van der Waals surface area contributed by atoms with Crippen molar-refractivity contribution in [2.75, 3.05) is 0 Å². The zero-order valence-corrected chi connectivity index (χ0v) is 12.7. The summed E-state index contributed by atoms with van der Waals surface area (Å²) in [6.07, 6.45) is 2.02. The van der Waals surface area contributed by atoms with Gasteiger partial charge in [0.2, 0.25) is 0 Å². The Morgan fingerprint density at radius 1 is 1.13 bits per heavy atom. The lowest BCUT2D eigenvalue weighted by atomic mass is 10.1. The molecule has 7 heteroatoms. The second kappa shape index (κ2) is 5.45. The minimum Gasteiger partial charge on any atom is -0.343 e. The number of hydrogen-bond acceptors (Lipinski definition) is 5. The molecule has 6 nitrogen and oxygen atoms in total. The molecule has 4 aromatic rings. The van der Waals surface area contributed by atoms with Crippen LogP contribution in [0.25, 0.3) is 21.9 Å². The molecule has 0 fully saturated rings. The number of nitrogens with one attached hydrogen (secondary N) is 1. The van der Waals surface area contributed by atoms with Crippen LogP contribution in [0.5, 0.6) is 0 Å². The number of benzene rings is 2. The van der Waals surface area contributed by atoms with Gasteiger partial charge in [-0.15, -0.1) is 0 Å². The first-order chi connectivity index (χ1) is 11.2. The molecule has 0 amide bonds. The van der Waals surface area contributed by atoms with Gasteiger partial charge in [0.1, 0.15) is 16.0 Å². The fraction of sp³-hybridized carbons (Fsp3) is 0.0625. The summed E-state index contributed by atoms with van der Waals surface area (Å²) in [5.41, 5.74) is 6.41. The molecule has 2 aromatic carbocycles. The molecular formula is C16H12N4O2S. The average molecular weight is 324 g/mol. The number of hydroxylamine groups is 1. The highest BCUT2D eigenvalue weighted by Crippen LogP contribution is 2.20. The van der Waals surface area contributed by atoms with Crippen LogP contribution >= 0.6 is 12.2 Å². The summed E-state index contributed by atoms with van der Waals surface area (Å²) in [4.78, 5) is 0.301. The number of hydrogen-bond donors (Lipinski definition) is 2. The summed E-state index contributed by atoms with van der Waals surface area (Å²) in [6, 6.07) is 13.7. The Kier molecular flexibility index (Phi) is 3.29. The molecule has 0 atom stereocenters. The van der Waals surface area contributed by atoms with Crippen molar-refractivity contribution in [2.45, 2.75) is 6.54 Å². The van der Waals surface area contributed by atoms with Crippen molar-refractivity contribution in [1.29, 1.82) is 0 Å². The van der Waals surface area contributed by atoms with Crippen molar-refractivity contribution in [3.05, 3.63) is 59.8 Å². The predicted molar refractivity (Wildman–Crippen MR) is 89.5 cm³/mol. The van der Waals surface area contributed by atoms with E-state index in [1.807, 2.05) is 54.1 Å². The molecule has 0 saturated carbocycles. The minimum absolute atomic E-state index is 0.301. The first-order valence-corrected chi connectivity index (χ1v) is 7.40. The zero-order chi connectivity index (χ0) is 15.8. The van der Waals surface area contributed by atoms with Gasteiger partial charge in [-0.25, -0.2) is 4.63 Å². The van der Waals surface area contributed by atoms with Crippen LogP contribution in [0.1, 0.15) is 11.1 Å². The third kappa shape index (κ3) is 2.45. The second-order valence-electron chi connectivity index (χ2n) is 5.25. The van der Waals surface area contributed by atoms with Gasteiger partial charge in [-0.05, 0) is 45.5 Å². The van der Waals surface area contributed by atoms with E-state index >= 15 is 0 Å². The number of nitrogens with zero attached hydrogens (tertiary/aromatic N) is 3. The number of thiocarbonyl (C=S) groups is 1. The van der Waals surface area contributed by atoms with Crippen molar-refractivity contribution >= 4 is 39.1 Å². The van der Waals surface area contributed by atoms with E-state index in [4.69, 9.17) is 22.1 Å². The largest absolute Gasteiger partial charge is 0.343 e. The topological polar surface area (TPSA) is 76.1 Å². The summed E-state index contributed by atoms with van der Waals surface area (Å²) in [6.45, 7) is 0.690. The van der Waals surface area contributed by atoms with E-state index in [9.17, 15) is 0 Å². The second-order valence-corrected chi connectivity index (χ2v) is 5.65. The van der Waals surface area contributed by atoms with Gasteiger partial charge in [-0.3, -0.25) is 10.7 Å². The van der Waals surface area contributed by atoms with Gasteiger partial charge in [0.25, 0.3) is 0 Å². The number of rotatable bonds is 3. The van der Waals surface area contributed by atoms with Crippen LogP contribution in [0, 0.1) is 0 Å². The highest BCUT2D eigenvalue weighted by Gasteiger charge is 2.07. The third-order valence-electron chi connectivity index (χ3n) is 3.81. The van der Waals surface area contributed by atoms with Gasteiger partial charge in [-0.1, -0.05) is 30.4 Å². The Morgan fingerprint density at radius 2 is 2.00 bits per heavy atom. The molecule has 0 spiro atoms. The van der Waals surface area contributed by atoms with Gasteiger partial charge >= 0.3 is 0 Å². The van der Waals surface area contributed by atoms with Gasteiger partial charge in [0, 0.05) is 23.8 Å². The first kappa shape index (κ1) is 13.9. The van der Waals surface area contributed by atoms with Crippen LogP contribution < -0.4 is 5.48 Å². The third-order valence-corrected chi connectivity index (χ3v) is 4.14. The minimum atomic E-state index is 0.301. The van der Waals surface area contributed by atoms with Gasteiger partial charge in [0.15, 0.2) is 0 Å². The summed E-state index contributed by atoms with van der Waals surface area (Å²) in [5, 5.41) is 17.8. The molecule has 0 aliphatic carbocycles. The van der Waals surface area contributed by atoms with Crippen LogP contribution in [-0.4, -0.2) is 25.1 Å². The summed E-state index contributed by atoms with van der Waals surface area (Å²) in [5.74, 6) is 0. The standard InChI is InChI=1S/C16H12N4O2S/c21-17-16(23)12-3-2-11-5-6-20(15(11)8-12)9-10-1-4-13-14(7-10)19-22-18-13/h1-8,21H,9H2,(H,17,23). The number of fused-ring (bicyclic) bond motifs is 2. The van der Waals surface area contributed by atoms with E-state index in [2.05, 4.69) is 14.9 Å². The molecular weight excluding hydrogens is 312 g/mol. The van der Waals surface area contributed by atoms with Crippen LogP contribution in [0.2, 0.25) is 0 Å². The first-order valence-electron chi connectivity index (χ1n) is 6.99. The van der Waals surface area contributed by atoms with Crippen molar-refractivity contribution in [3.63, 3.8) is 0 Å². The van der Waals surface area contributed by atoms with Crippen molar-refractivity contribution in [1.82, 2.24) is 20.4 Å². The van der Waals surface area contributed by atoms with Crippen molar-refractivity contribution in [2.24, 2.45) is 0 Å². The van der Waals surface area contributed by atoms with E-state index in [1.54, 1.807) is 0 Å². The highest BCUT2D eigenvalue weighted by atomic mass is 32.1. The molecule has 0 aliphatic heterocycles. The van der Waals surface area contributed by atoms with Crippen molar-refractivity contribution in [3.8, 4) is 0 Å². The van der Waals surface area contributed by atoms with Crippen molar-refractivity contribution < 1.29 is 9.84 Å². The zero-order valence-electron chi connectivity index (χ0n) is 11.9. The Hall–Kier alpha value is -2.77. The molecule has 23 heavy (non-hydrogen) atoms. The lowest BCUT2D eigenvalue weighted by molar-refractivity contribution is 0.238. The van der Waals surface area contributed by atoms with Crippen LogP contribution in [0.4, 0.5) is 0 Å². The molecule has 0 radical (unpaired) electrons. The molecule has 2 aromatic heterocycles. The molecule has 0 aliphatic rings. The lowest BCUT2D eigenvalue weighted by Gasteiger charge is -2.07. The monoisotopic (exact) mass is 324 g/mol. The highest BCUT2D eigenvalue weighted by molar-refractivity contribution is 7.80. The maximum atomic E-state index is 8.98. The normalized spacial score (nSPS) is 11.2. The van der Waals surface area contributed by atoms with E-state index in [-0.39, 0.29) is 0 Å². The lowest BCUT2D eigenvalue weighted by Crippen LogP contribution is -2.17.